The van der Waals surface area contributed by atoms with Crippen LogP contribution in [0.4, 0.5) is 4.79 Å². The molecule has 3 amide bonds. The van der Waals surface area contributed by atoms with Gasteiger partial charge in [-0.1, -0.05) is 0 Å². The molecule has 0 saturated carbocycles. The minimum absolute atomic E-state index is 0.126. The smallest absolute Gasteiger partial charge is 0.317 e. The highest BCUT2D eigenvalue weighted by Crippen LogP contribution is 2.20. The number of hydrogen-bond donors (Lipinski definition) is 4. The predicted molar refractivity (Wildman–Crippen MR) is 74.4 cm³/mol. The largest absolute Gasteiger partial charge is 0.481 e. The van der Waals surface area contributed by atoms with E-state index in [9.17, 15) is 19.5 Å². The van der Waals surface area contributed by atoms with Gasteiger partial charge in [-0.2, -0.15) is 0 Å². The number of carbonyl (C=O) groups excluding carboxylic acids is 2. The Morgan fingerprint density at radius 1 is 1.33 bits per heavy atom. The molecule has 0 aliphatic carbocycles. The molecule has 1 fully saturated rings. The van der Waals surface area contributed by atoms with Gasteiger partial charge in [-0.3, -0.25) is 9.59 Å². The van der Waals surface area contributed by atoms with Crippen molar-refractivity contribution < 1.29 is 24.6 Å². The zero-order valence-corrected chi connectivity index (χ0v) is 12.2. The van der Waals surface area contributed by atoms with Crippen LogP contribution in [0, 0.1) is 5.92 Å². The van der Waals surface area contributed by atoms with Crippen LogP contribution in [0.2, 0.25) is 0 Å². The Kier molecular flexibility index (Phi) is 5.95. The minimum Gasteiger partial charge on any atom is -0.481 e. The van der Waals surface area contributed by atoms with E-state index in [-0.39, 0.29) is 24.4 Å². The molecule has 1 atom stereocenters. The molecule has 5 N–H and O–H groups in total. The number of nitrogens with one attached hydrogen (secondary N) is 1. The third-order valence-electron chi connectivity index (χ3n) is 3.54. The van der Waals surface area contributed by atoms with E-state index in [2.05, 4.69) is 5.32 Å². The Morgan fingerprint density at radius 3 is 2.38 bits per heavy atom. The number of hydrogen-bond acceptors (Lipinski definition) is 4. The molecule has 0 aromatic heterocycles. The fraction of sp³-hybridized carbons (Fsp3) is 0.769. The lowest BCUT2D eigenvalue weighted by atomic mass is 9.93. The molecule has 0 spiro atoms. The monoisotopic (exact) mass is 301 g/mol. The average molecular weight is 301 g/mol. The molecule has 21 heavy (non-hydrogen) atoms. The topological polar surface area (TPSA) is 133 Å². The summed E-state index contributed by atoms with van der Waals surface area (Å²) in [6.07, 6.45) is 1.32. The Morgan fingerprint density at radius 2 is 1.90 bits per heavy atom. The zero-order chi connectivity index (χ0) is 16.0. The number of likely N-dealkylation sites (tertiary alicyclic amines) is 1. The third-order valence-corrected chi connectivity index (χ3v) is 3.54. The number of carboxylic acids is 1. The van der Waals surface area contributed by atoms with Crippen LogP contribution in [-0.2, 0) is 9.59 Å². The molecule has 0 aromatic carbocycles. The summed E-state index contributed by atoms with van der Waals surface area (Å²) in [6.45, 7) is 2.27. The van der Waals surface area contributed by atoms with Crippen LogP contribution in [0.5, 0.6) is 0 Å². The second kappa shape index (κ2) is 7.26. The van der Waals surface area contributed by atoms with E-state index in [0.29, 0.717) is 32.4 Å². The van der Waals surface area contributed by atoms with E-state index in [1.54, 1.807) is 4.90 Å². The summed E-state index contributed by atoms with van der Waals surface area (Å²) >= 11 is 0. The summed E-state index contributed by atoms with van der Waals surface area (Å²) in [5.41, 5.74) is 3.67. The predicted octanol–water partition coefficient (Wildman–Crippen LogP) is -0.491. The van der Waals surface area contributed by atoms with Gasteiger partial charge >= 0.3 is 12.0 Å². The second-order valence-electron chi connectivity index (χ2n) is 5.83. The zero-order valence-electron chi connectivity index (χ0n) is 12.2. The summed E-state index contributed by atoms with van der Waals surface area (Å²) in [5.74, 6) is -1.24. The molecule has 1 rings (SSSR count). The molecule has 0 radical (unpaired) electrons. The van der Waals surface area contributed by atoms with E-state index in [1.165, 1.54) is 6.92 Å². The van der Waals surface area contributed by atoms with Crippen molar-refractivity contribution in [3.8, 4) is 0 Å². The van der Waals surface area contributed by atoms with E-state index in [4.69, 9.17) is 10.8 Å². The van der Waals surface area contributed by atoms with Gasteiger partial charge in [-0.25, -0.2) is 4.79 Å². The fourth-order valence-electron chi connectivity index (χ4n) is 2.39. The van der Waals surface area contributed by atoms with Crippen molar-refractivity contribution in [2.24, 2.45) is 11.7 Å². The van der Waals surface area contributed by atoms with Gasteiger partial charge in [-0.15, -0.1) is 0 Å². The normalized spacial score (nSPS) is 18.9. The summed E-state index contributed by atoms with van der Waals surface area (Å²) in [6, 6.07) is -0.335. The van der Waals surface area contributed by atoms with Crippen molar-refractivity contribution in [3.05, 3.63) is 0 Å². The summed E-state index contributed by atoms with van der Waals surface area (Å²) < 4.78 is 0. The number of aliphatic hydroxyl groups is 1. The first-order valence-electron chi connectivity index (χ1n) is 6.95. The van der Waals surface area contributed by atoms with E-state index >= 15 is 0 Å². The van der Waals surface area contributed by atoms with Crippen molar-refractivity contribution in [2.45, 2.75) is 38.2 Å². The molecule has 1 saturated heterocycles. The number of rotatable bonds is 6. The van der Waals surface area contributed by atoms with Crippen molar-refractivity contribution in [1.29, 1.82) is 0 Å². The first-order valence-corrected chi connectivity index (χ1v) is 6.95. The van der Waals surface area contributed by atoms with Crippen molar-refractivity contribution >= 4 is 17.9 Å². The van der Waals surface area contributed by atoms with Gasteiger partial charge < -0.3 is 26.2 Å². The molecular formula is C13H23N3O5. The van der Waals surface area contributed by atoms with Gasteiger partial charge in [0.05, 0.1) is 12.0 Å². The fourth-order valence-corrected chi connectivity index (χ4v) is 2.39. The van der Waals surface area contributed by atoms with Gasteiger partial charge in [0, 0.05) is 26.1 Å². The van der Waals surface area contributed by atoms with Crippen LogP contribution in [0.25, 0.3) is 0 Å². The SMILES string of the molecule is CC(O)(CNC(=O)N1CCC(CC(N)=O)CC1)CC(=O)O. The summed E-state index contributed by atoms with van der Waals surface area (Å²) in [4.78, 5) is 34.9. The first kappa shape index (κ1) is 17.2. The van der Waals surface area contributed by atoms with Crippen LogP contribution in [0.1, 0.15) is 32.6 Å². The van der Waals surface area contributed by atoms with Gasteiger partial charge in [0.1, 0.15) is 0 Å². The first-order chi connectivity index (χ1) is 9.69. The van der Waals surface area contributed by atoms with Gasteiger partial charge in [-0.05, 0) is 25.7 Å². The van der Waals surface area contributed by atoms with Crippen molar-refractivity contribution in [3.63, 3.8) is 0 Å². The number of aliphatic carboxylic acids is 1. The Hall–Kier alpha value is -1.83. The summed E-state index contributed by atoms with van der Waals surface area (Å²) in [5, 5.41) is 21.0. The quantitative estimate of drug-likeness (QED) is 0.525. The maximum atomic E-state index is 11.9. The van der Waals surface area contributed by atoms with Crippen LogP contribution in [0.3, 0.4) is 0 Å². The Bertz CT molecular complexity index is 403. The number of carboxylic acid groups (broad SMARTS) is 1. The lowest BCUT2D eigenvalue weighted by Crippen LogP contribution is -2.49. The van der Waals surface area contributed by atoms with Crippen LogP contribution in [0.15, 0.2) is 0 Å². The molecule has 120 valence electrons. The average Bonchev–Trinajstić information content (AvgIpc) is 2.34. The van der Waals surface area contributed by atoms with E-state index < -0.39 is 18.0 Å². The number of piperidine rings is 1. The lowest BCUT2D eigenvalue weighted by Gasteiger charge is -2.32. The molecule has 1 aliphatic heterocycles. The Balaban J connectivity index is 2.34. The van der Waals surface area contributed by atoms with E-state index in [0.717, 1.165) is 0 Å². The van der Waals surface area contributed by atoms with Gasteiger partial charge in [0.25, 0.3) is 0 Å². The lowest BCUT2D eigenvalue weighted by molar-refractivity contribution is -0.141. The molecule has 1 aliphatic rings. The molecular weight excluding hydrogens is 278 g/mol. The number of primary amides is 1. The van der Waals surface area contributed by atoms with Crippen LogP contribution in [-0.4, -0.2) is 58.3 Å². The number of carbonyl (C=O) groups is 3. The number of nitrogens with zero attached hydrogens (tertiary/aromatic N) is 1. The summed E-state index contributed by atoms with van der Waals surface area (Å²) in [7, 11) is 0. The standard InChI is InChI=1S/C13H23N3O5/c1-13(21,7-11(18)19)8-15-12(20)16-4-2-9(3-5-16)6-10(14)17/h9,21H,2-8H2,1H3,(H2,14,17)(H,15,20)(H,18,19). The highest BCUT2D eigenvalue weighted by atomic mass is 16.4. The minimum atomic E-state index is -1.48. The van der Waals surface area contributed by atoms with Crippen molar-refractivity contribution in [2.75, 3.05) is 19.6 Å². The molecule has 0 aromatic rings. The third kappa shape index (κ3) is 6.44. The highest BCUT2D eigenvalue weighted by molar-refractivity contribution is 5.75. The van der Waals surface area contributed by atoms with Gasteiger partial charge in [0.2, 0.25) is 5.91 Å². The maximum absolute atomic E-state index is 11.9. The number of amides is 3. The maximum Gasteiger partial charge on any atom is 0.317 e. The number of urea groups is 1. The highest BCUT2D eigenvalue weighted by Gasteiger charge is 2.28. The van der Waals surface area contributed by atoms with Crippen molar-refractivity contribution in [1.82, 2.24) is 10.2 Å². The Labute approximate surface area is 123 Å². The molecule has 1 heterocycles. The molecule has 1 unspecified atom stereocenters. The molecule has 0 bridgehead atoms. The second-order valence-corrected chi connectivity index (χ2v) is 5.83. The number of nitrogens with two attached hydrogens (primary N) is 1. The molecule has 8 heteroatoms. The molecule has 8 nitrogen and oxygen atoms in total. The van der Waals surface area contributed by atoms with Crippen LogP contribution < -0.4 is 11.1 Å². The van der Waals surface area contributed by atoms with Crippen LogP contribution >= 0.6 is 0 Å². The van der Waals surface area contributed by atoms with E-state index in [1.807, 2.05) is 0 Å². The van der Waals surface area contributed by atoms with Gasteiger partial charge in [0.15, 0.2) is 0 Å².